The molecule has 158 valence electrons. The van der Waals surface area contributed by atoms with E-state index in [-0.39, 0.29) is 5.41 Å². The molecule has 1 heterocycles. The molecular weight excluding hydrogens is 384 g/mol. The first kappa shape index (κ1) is 21.7. The fourth-order valence-electron chi connectivity index (χ4n) is 5.66. The monoisotopic (exact) mass is 416 g/mol. The number of hydrogen-bond acceptors (Lipinski definition) is 1. The largest absolute Gasteiger partial charge is 0.429 e. The zero-order chi connectivity index (χ0) is 20.1. The number of alkyl halides is 2. The predicted octanol–water partition coefficient (Wildman–Crippen LogP) is 7.21. The van der Waals surface area contributed by atoms with E-state index in [0.29, 0.717) is 11.5 Å². The molecular formula is C22H32F4OSi. The van der Waals surface area contributed by atoms with Gasteiger partial charge >= 0.3 is 6.61 Å². The highest BCUT2D eigenvalue weighted by molar-refractivity contribution is 6.58. The maximum atomic E-state index is 14.5. The molecule has 1 aromatic rings. The highest BCUT2D eigenvalue weighted by Gasteiger charge is 2.43. The summed E-state index contributed by atoms with van der Waals surface area (Å²) in [5.74, 6) is -2.53. The summed E-state index contributed by atoms with van der Waals surface area (Å²) in [6, 6.07) is 6.60. The molecule has 1 nitrogen and oxygen atoms in total. The van der Waals surface area contributed by atoms with Crippen LogP contribution in [0.4, 0.5) is 17.6 Å². The van der Waals surface area contributed by atoms with Crippen molar-refractivity contribution >= 4 is 8.80 Å². The average molecular weight is 417 g/mol. The Morgan fingerprint density at radius 3 is 2.21 bits per heavy atom. The quantitative estimate of drug-likeness (QED) is 0.337. The molecule has 1 aromatic carbocycles. The summed E-state index contributed by atoms with van der Waals surface area (Å²) >= 11 is 0. The van der Waals surface area contributed by atoms with Crippen molar-refractivity contribution in [3.05, 3.63) is 29.3 Å². The zero-order valence-electron chi connectivity index (χ0n) is 16.8. The molecule has 0 N–H and O–H groups in total. The van der Waals surface area contributed by atoms with Crippen molar-refractivity contribution in [1.29, 1.82) is 0 Å². The third kappa shape index (κ3) is 4.74. The van der Waals surface area contributed by atoms with Gasteiger partial charge in [-0.3, -0.25) is 0 Å². The molecule has 0 aromatic heterocycles. The fraction of sp³-hybridized carbons (Fsp3) is 0.727. The van der Waals surface area contributed by atoms with Crippen molar-refractivity contribution in [2.75, 3.05) is 0 Å². The Hall–Kier alpha value is -1.04. The second-order valence-corrected chi connectivity index (χ2v) is 12.2. The molecule has 3 rings (SSSR count). The Morgan fingerprint density at radius 1 is 1.07 bits per heavy atom. The lowest BCUT2D eigenvalue weighted by Crippen LogP contribution is -2.40. The number of hydrogen-bond donors (Lipinski definition) is 0. The van der Waals surface area contributed by atoms with Crippen molar-refractivity contribution in [3.8, 4) is 5.75 Å². The van der Waals surface area contributed by atoms with Crippen molar-refractivity contribution in [3.63, 3.8) is 0 Å². The van der Waals surface area contributed by atoms with Gasteiger partial charge in [0.2, 0.25) is 0 Å². The highest BCUT2D eigenvalue weighted by Crippen LogP contribution is 2.51. The Bertz CT molecular complexity index is 614. The van der Waals surface area contributed by atoms with Gasteiger partial charge in [-0.25, -0.2) is 8.78 Å². The van der Waals surface area contributed by atoms with Gasteiger partial charge in [0.1, 0.15) is 0 Å². The zero-order valence-corrected chi connectivity index (χ0v) is 17.9. The first-order valence-electron chi connectivity index (χ1n) is 10.9. The van der Waals surface area contributed by atoms with Gasteiger partial charge in [0.05, 0.1) is 0 Å². The van der Waals surface area contributed by atoms with Crippen LogP contribution in [0.5, 0.6) is 5.75 Å². The minimum Gasteiger partial charge on any atom is -0.429 e. The lowest BCUT2D eigenvalue weighted by atomic mass is 9.60. The molecule has 1 aliphatic carbocycles. The first-order valence-corrected chi connectivity index (χ1v) is 13.4. The van der Waals surface area contributed by atoms with Gasteiger partial charge < -0.3 is 4.74 Å². The number of halogens is 4. The van der Waals surface area contributed by atoms with E-state index in [1.807, 2.05) is 0 Å². The second kappa shape index (κ2) is 9.64. The van der Waals surface area contributed by atoms with E-state index in [1.165, 1.54) is 43.1 Å². The number of rotatable bonds is 7. The van der Waals surface area contributed by atoms with Crippen LogP contribution in [0.25, 0.3) is 0 Å². The molecule has 0 bridgehead atoms. The molecule has 2 fully saturated rings. The summed E-state index contributed by atoms with van der Waals surface area (Å²) in [6.07, 6.45) is 10.0. The minimum absolute atomic E-state index is 0.215. The molecule has 1 saturated heterocycles. The van der Waals surface area contributed by atoms with E-state index < -0.39 is 32.8 Å². The van der Waals surface area contributed by atoms with Gasteiger partial charge in [0.15, 0.2) is 17.4 Å². The van der Waals surface area contributed by atoms with Crippen LogP contribution in [0, 0.1) is 17.6 Å². The third-order valence-electron chi connectivity index (χ3n) is 7.12. The molecule has 0 spiro atoms. The number of ether oxygens (including phenoxy) is 1. The summed E-state index contributed by atoms with van der Waals surface area (Å²) in [5, 5.41) is 0. The molecule has 0 amide bonds. The normalized spacial score (nSPS) is 25.1. The van der Waals surface area contributed by atoms with Gasteiger partial charge in [-0.1, -0.05) is 70.0 Å². The van der Waals surface area contributed by atoms with Crippen LogP contribution in [0.15, 0.2) is 12.1 Å². The van der Waals surface area contributed by atoms with E-state index in [0.717, 1.165) is 44.9 Å². The first-order chi connectivity index (χ1) is 13.5. The Balaban J connectivity index is 1.84. The van der Waals surface area contributed by atoms with Crippen LogP contribution in [0.2, 0.25) is 18.1 Å². The van der Waals surface area contributed by atoms with E-state index >= 15 is 0 Å². The molecule has 0 unspecified atom stereocenters. The van der Waals surface area contributed by atoms with E-state index in [4.69, 9.17) is 0 Å². The van der Waals surface area contributed by atoms with Crippen LogP contribution < -0.4 is 4.74 Å². The summed E-state index contributed by atoms with van der Waals surface area (Å²) in [6.45, 7) is -0.997. The predicted molar refractivity (Wildman–Crippen MR) is 107 cm³/mol. The maximum Gasteiger partial charge on any atom is 0.387 e. The topological polar surface area (TPSA) is 9.23 Å². The lowest BCUT2D eigenvalue weighted by Gasteiger charge is -2.47. The third-order valence-corrected chi connectivity index (χ3v) is 10.6. The van der Waals surface area contributed by atoms with Crippen LogP contribution in [0.1, 0.15) is 70.3 Å². The number of unbranched alkanes of at least 4 members (excludes halogenated alkanes) is 1. The SMILES string of the molecule is CCCC[SiH]1CCC(C2(c3cc(F)c(OC(F)F)c(F)c3)CCCCC2)CC1. The molecule has 0 atom stereocenters. The van der Waals surface area contributed by atoms with Crippen molar-refractivity contribution in [1.82, 2.24) is 0 Å². The van der Waals surface area contributed by atoms with Gasteiger partial charge in [-0.2, -0.15) is 8.78 Å². The van der Waals surface area contributed by atoms with E-state index in [9.17, 15) is 17.6 Å². The minimum atomic E-state index is -3.23. The van der Waals surface area contributed by atoms with Crippen LogP contribution in [-0.2, 0) is 5.41 Å². The van der Waals surface area contributed by atoms with Crippen LogP contribution in [-0.4, -0.2) is 15.4 Å². The van der Waals surface area contributed by atoms with Gasteiger partial charge in [0.25, 0.3) is 0 Å². The standard InChI is InChI=1S/C22H32F4OSi/c1-2-3-11-28-12-7-16(8-13-28)22(9-5-4-6-10-22)17-14-18(23)20(19(24)15-17)27-21(25)26/h14-16,21,28H,2-13H2,1H3. The summed E-state index contributed by atoms with van der Waals surface area (Å²) in [4.78, 5) is 0. The van der Waals surface area contributed by atoms with Crippen molar-refractivity contribution in [2.24, 2.45) is 5.92 Å². The molecule has 6 heteroatoms. The van der Waals surface area contributed by atoms with Crippen LogP contribution in [0.3, 0.4) is 0 Å². The fourth-order valence-corrected chi connectivity index (χ4v) is 9.26. The molecule has 2 aliphatic rings. The summed E-state index contributed by atoms with van der Waals surface area (Å²) in [7, 11) is -0.657. The Labute approximate surface area is 167 Å². The molecule has 28 heavy (non-hydrogen) atoms. The maximum absolute atomic E-state index is 14.5. The molecule has 1 saturated carbocycles. The van der Waals surface area contributed by atoms with Crippen molar-refractivity contribution < 1.29 is 22.3 Å². The smallest absolute Gasteiger partial charge is 0.387 e. The Kier molecular flexibility index (Phi) is 7.46. The van der Waals surface area contributed by atoms with Gasteiger partial charge in [-0.15, -0.1) is 0 Å². The van der Waals surface area contributed by atoms with Crippen molar-refractivity contribution in [2.45, 2.75) is 94.9 Å². The molecule has 1 aliphatic heterocycles. The van der Waals surface area contributed by atoms with E-state index in [2.05, 4.69) is 11.7 Å². The highest BCUT2D eigenvalue weighted by atomic mass is 28.3. The summed E-state index contributed by atoms with van der Waals surface area (Å²) in [5.41, 5.74) is 0.440. The lowest BCUT2D eigenvalue weighted by molar-refractivity contribution is -0.0547. The van der Waals surface area contributed by atoms with Gasteiger partial charge in [-0.05, 0) is 41.9 Å². The Morgan fingerprint density at radius 2 is 1.68 bits per heavy atom. The number of benzene rings is 1. The van der Waals surface area contributed by atoms with Crippen LogP contribution >= 0.6 is 0 Å². The summed E-state index contributed by atoms with van der Waals surface area (Å²) < 4.78 is 58.0. The molecule has 0 radical (unpaired) electrons. The van der Waals surface area contributed by atoms with Gasteiger partial charge in [0, 0.05) is 8.80 Å². The van der Waals surface area contributed by atoms with E-state index in [1.54, 1.807) is 0 Å². The second-order valence-electron chi connectivity index (χ2n) is 8.72. The average Bonchev–Trinajstić information content (AvgIpc) is 2.69.